The van der Waals surface area contributed by atoms with E-state index >= 15 is 0 Å². The Hall–Kier alpha value is -2.69. The fraction of sp³-hybridized carbons (Fsp3) is 0.278. The second-order valence-electron chi connectivity index (χ2n) is 5.24. The number of phenols is 1. The van der Waals surface area contributed by atoms with Gasteiger partial charge in [0, 0.05) is 5.56 Å². The van der Waals surface area contributed by atoms with Crippen molar-refractivity contribution in [3.8, 4) is 17.2 Å². The van der Waals surface area contributed by atoms with Gasteiger partial charge in [-0.2, -0.15) is 5.10 Å². The van der Waals surface area contributed by atoms with E-state index in [1.165, 1.54) is 0 Å². The Morgan fingerprint density at radius 1 is 1.09 bits per heavy atom. The SMILES string of the molecule is COc1ccc(CN/N=C(/C)c2ccc(C)cc2O)cc1OC. The van der Waals surface area contributed by atoms with Crippen molar-refractivity contribution >= 4 is 5.71 Å². The molecular weight excluding hydrogens is 292 g/mol. The van der Waals surface area contributed by atoms with Gasteiger partial charge in [-0.3, -0.25) is 0 Å². The predicted molar refractivity (Wildman–Crippen MR) is 91.4 cm³/mol. The van der Waals surface area contributed by atoms with E-state index < -0.39 is 0 Å². The van der Waals surface area contributed by atoms with Crippen molar-refractivity contribution in [2.24, 2.45) is 5.10 Å². The Labute approximate surface area is 136 Å². The van der Waals surface area contributed by atoms with Gasteiger partial charge in [0.1, 0.15) is 5.75 Å². The third kappa shape index (κ3) is 4.16. The number of aromatic hydroxyl groups is 1. The maximum atomic E-state index is 9.97. The van der Waals surface area contributed by atoms with Crippen molar-refractivity contribution in [3.63, 3.8) is 0 Å². The zero-order valence-electron chi connectivity index (χ0n) is 13.9. The van der Waals surface area contributed by atoms with Crippen molar-refractivity contribution in [3.05, 3.63) is 53.1 Å². The van der Waals surface area contributed by atoms with Gasteiger partial charge >= 0.3 is 0 Å². The molecule has 0 aliphatic carbocycles. The average molecular weight is 314 g/mol. The first-order valence-electron chi connectivity index (χ1n) is 7.33. The molecular formula is C18H22N2O3. The number of hydrazone groups is 1. The predicted octanol–water partition coefficient (Wildman–Crippen LogP) is 3.23. The van der Waals surface area contributed by atoms with Crippen LogP contribution in [0.3, 0.4) is 0 Å². The molecule has 0 saturated heterocycles. The third-order valence-corrected chi connectivity index (χ3v) is 3.52. The van der Waals surface area contributed by atoms with Crippen molar-refractivity contribution in [1.29, 1.82) is 0 Å². The molecule has 2 aromatic carbocycles. The fourth-order valence-electron chi connectivity index (χ4n) is 2.25. The minimum atomic E-state index is 0.235. The normalized spacial score (nSPS) is 11.2. The highest BCUT2D eigenvalue weighted by Gasteiger charge is 2.06. The summed E-state index contributed by atoms with van der Waals surface area (Å²) in [4.78, 5) is 0. The Kier molecular flexibility index (Phi) is 5.46. The second kappa shape index (κ2) is 7.54. The minimum absolute atomic E-state index is 0.235. The third-order valence-electron chi connectivity index (χ3n) is 3.52. The van der Waals surface area contributed by atoms with Gasteiger partial charge in [0.15, 0.2) is 11.5 Å². The highest BCUT2D eigenvalue weighted by atomic mass is 16.5. The van der Waals surface area contributed by atoms with Crippen LogP contribution in [0.5, 0.6) is 17.2 Å². The minimum Gasteiger partial charge on any atom is -0.507 e. The van der Waals surface area contributed by atoms with Crippen LogP contribution in [-0.4, -0.2) is 25.0 Å². The van der Waals surface area contributed by atoms with Crippen molar-refractivity contribution in [2.45, 2.75) is 20.4 Å². The summed E-state index contributed by atoms with van der Waals surface area (Å²) in [6.07, 6.45) is 0. The Balaban J connectivity index is 2.06. The van der Waals surface area contributed by atoms with Crippen molar-refractivity contribution in [2.75, 3.05) is 14.2 Å². The molecule has 0 bridgehead atoms. The standard InChI is InChI=1S/C18H22N2O3/c1-12-5-7-15(16(21)9-12)13(2)20-19-11-14-6-8-17(22-3)18(10-14)23-4/h5-10,19,21H,11H2,1-4H3/b20-13-. The number of hydrogen-bond donors (Lipinski definition) is 2. The molecule has 0 heterocycles. The van der Waals surface area contributed by atoms with Crippen LogP contribution < -0.4 is 14.9 Å². The molecule has 5 heteroatoms. The number of methoxy groups -OCH3 is 2. The van der Waals surface area contributed by atoms with Gasteiger partial charge in [0.25, 0.3) is 0 Å². The Morgan fingerprint density at radius 2 is 1.83 bits per heavy atom. The van der Waals surface area contributed by atoms with Crippen LogP contribution in [0.1, 0.15) is 23.6 Å². The Morgan fingerprint density at radius 3 is 2.48 bits per heavy atom. The number of hydrogen-bond acceptors (Lipinski definition) is 5. The summed E-state index contributed by atoms with van der Waals surface area (Å²) in [5, 5.41) is 14.3. The first-order chi connectivity index (χ1) is 11.0. The molecule has 122 valence electrons. The number of nitrogens with zero attached hydrogens (tertiary/aromatic N) is 1. The molecule has 0 amide bonds. The first-order valence-corrected chi connectivity index (χ1v) is 7.33. The molecule has 0 saturated carbocycles. The molecule has 5 nitrogen and oxygen atoms in total. The van der Waals surface area contributed by atoms with E-state index in [1.54, 1.807) is 20.3 Å². The van der Waals surface area contributed by atoms with E-state index in [4.69, 9.17) is 9.47 Å². The number of nitrogens with one attached hydrogen (secondary N) is 1. The molecule has 0 unspecified atom stereocenters. The number of benzene rings is 2. The molecule has 0 radical (unpaired) electrons. The molecule has 0 atom stereocenters. The van der Waals surface area contributed by atoms with Gasteiger partial charge in [-0.15, -0.1) is 0 Å². The molecule has 2 aromatic rings. The topological polar surface area (TPSA) is 63.1 Å². The maximum Gasteiger partial charge on any atom is 0.161 e. The largest absolute Gasteiger partial charge is 0.507 e. The van der Waals surface area contributed by atoms with Crippen LogP contribution >= 0.6 is 0 Å². The van der Waals surface area contributed by atoms with E-state index in [1.807, 2.05) is 44.2 Å². The molecule has 0 spiro atoms. The maximum absolute atomic E-state index is 9.97. The summed E-state index contributed by atoms with van der Waals surface area (Å²) in [5.41, 5.74) is 6.49. The van der Waals surface area contributed by atoms with Gasteiger partial charge < -0.3 is 20.0 Å². The zero-order chi connectivity index (χ0) is 16.8. The summed E-state index contributed by atoms with van der Waals surface area (Å²) in [6.45, 7) is 4.33. The summed E-state index contributed by atoms with van der Waals surface area (Å²) < 4.78 is 10.5. The average Bonchev–Trinajstić information content (AvgIpc) is 2.54. The van der Waals surface area contributed by atoms with Gasteiger partial charge in [-0.05, 0) is 49.2 Å². The van der Waals surface area contributed by atoms with Gasteiger partial charge in [0.2, 0.25) is 0 Å². The number of phenolic OH excluding ortho intramolecular Hbond substituents is 1. The smallest absolute Gasteiger partial charge is 0.161 e. The lowest BCUT2D eigenvalue weighted by Gasteiger charge is -2.10. The van der Waals surface area contributed by atoms with Crippen LogP contribution in [0, 0.1) is 6.92 Å². The molecule has 0 fully saturated rings. The highest BCUT2D eigenvalue weighted by Crippen LogP contribution is 2.27. The summed E-state index contributed by atoms with van der Waals surface area (Å²) >= 11 is 0. The number of rotatable bonds is 6. The van der Waals surface area contributed by atoms with Gasteiger partial charge in [0.05, 0.1) is 26.5 Å². The monoisotopic (exact) mass is 314 g/mol. The van der Waals surface area contributed by atoms with Crippen LogP contribution in [0.4, 0.5) is 0 Å². The Bertz CT molecular complexity index is 711. The molecule has 23 heavy (non-hydrogen) atoms. The molecule has 0 aliphatic heterocycles. The number of ether oxygens (including phenoxy) is 2. The molecule has 0 aliphatic rings. The molecule has 0 aromatic heterocycles. The lowest BCUT2D eigenvalue weighted by atomic mass is 10.1. The van der Waals surface area contributed by atoms with E-state index in [0.717, 1.165) is 22.4 Å². The quantitative estimate of drug-likeness (QED) is 0.635. The van der Waals surface area contributed by atoms with E-state index in [-0.39, 0.29) is 5.75 Å². The fourth-order valence-corrected chi connectivity index (χ4v) is 2.25. The molecule has 2 N–H and O–H groups in total. The van der Waals surface area contributed by atoms with Crippen molar-refractivity contribution < 1.29 is 14.6 Å². The highest BCUT2D eigenvalue weighted by molar-refractivity contribution is 6.00. The van der Waals surface area contributed by atoms with Crippen LogP contribution in [0.15, 0.2) is 41.5 Å². The van der Waals surface area contributed by atoms with Crippen LogP contribution in [0.2, 0.25) is 0 Å². The first kappa shape index (κ1) is 16.7. The molecule has 2 rings (SSSR count). The lowest BCUT2D eigenvalue weighted by molar-refractivity contribution is 0.354. The van der Waals surface area contributed by atoms with Crippen LogP contribution in [-0.2, 0) is 6.54 Å². The summed E-state index contributed by atoms with van der Waals surface area (Å²) in [7, 11) is 3.22. The van der Waals surface area contributed by atoms with E-state index in [9.17, 15) is 5.11 Å². The zero-order valence-corrected chi connectivity index (χ0v) is 13.9. The lowest BCUT2D eigenvalue weighted by Crippen LogP contribution is -2.09. The van der Waals surface area contributed by atoms with Gasteiger partial charge in [-0.25, -0.2) is 0 Å². The second-order valence-corrected chi connectivity index (χ2v) is 5.24. The van der Waals surface area contributed by atoms with Crippen molar-refractivity contribution in [1.82, 2.24) is 5.43 Å². The van der Waals surface area contributed by atoms with E-state index in [0.29, 0.717) is 18.0 Å². The van der Waals surface area contributed by atoms with Gasteiger partial charge in [-0.1, -0.05) is 12.1 Å². The van der Waals surface area contributed by atoms with Crippen LogP contribution in [0.25, 0.3) is 0 Å². The number of aryl methyl sites for hydroxylation is 1. The summed E-state index contributed by atoms with van der Waals surface area (Å²) in [5.74, 6) is 1.61. The summed E-state index contributed by atoms with van der Waals surface area (Å²) in [6, 6.07) is 11.2. The van der Waals surface area contributed by atoms with E-state index in [2.05, 4.69) is 10.5 Å².